The lowest BCUT2D eigenvalue weighted by Crippen LogP contribution is -2.25. The number of amides is 1. The lowest BCUT2D eigenvalue weighted by atomic mass is 10.1. The third kappa shape index (κ3) is 2.86. The second kappa shape index (κ2) is 5.73. The van der Waals surface area contributed by atoms with Gasteiger partial charge in [0.25, 0.3) is 0 Å². The first kappa shape index (κ1) is 13.4. The van der Waals surface area contributed by atoms with E-state index in [-0.39, 0.29) is 6.61 Å². The fraction of sp³-hybridized carbons (Fsp3) is 0.308. The smallest absolute Gasteiger partial charge is 0.414 e. The number of aliphatic hydroxyl groups is 1. The van der Waals surface area contributed by atoms with Crippen molar-refractivity contribution < 1.29 is 19.5 Å². The normalized spacial score (nSPS) is 18.3. The lowest BCUT2D eigenvalue weighted by Gasteiger charge is -2.14. The highest BCUT2D eigenvalue weighted by atomic mass is 16.6. The lowest BCUT2D eigenvalue weighted by molar-refractivity contribution is 0.0963. The third-order valence-electron chi connectivity index (χ3n) is 2.83. The van der Waals surface area contributed by atoms with E-state index >= 15 is 0 Å². The molecular formula is C13H16N2O4. The minimum Gasteiger partial charge on any atom is -0.441 e. The zero-order valence-electron chi connectivity index (χ0n) is 10.6. The van der Waals surface area contributed by atoms with Crippen LogP contribution in [0.1, 0.15) is 5.56 Å². The van der Waals surface area contributed by atoms with E-state index in [1.54, 1.807) is 12.1 Å². The van der Waals surface area contributed by atoms with Crippen LogP contribution in [0.15, 0.2) is 30.8 Å². The number of aliphatic hydroxyl groups excluding tert-OH is 1. The van der Waals surface area contributed by atoms with Crippen LogP contribution < -0.4 is 10.4 Å². The molecule has 1 amide bonds. The molecule has 0 bridgehead atoms. The monoisotopic (exact) mass is 264 g/mol. The Bertz CT molecular complexity index is 472. The Hall–Kier alpha value is -2.05. The third-order valence-corrected chi connectivity index (χ3v) is 2.83. The van der Waals surface area contributed by atoms with Crippen molar-refractivity contribution in [1.29, 1.82) is 0 Å². The first-order valence-corrected chi connectivity index (χ1v) is 5.83. The molecule has 6 nitrogen and oxygen atoms in total. The molecule has 2 N–H and O–H groups in total. The number of carbonyl (C=O) groups is 1. The van der Waals surface area contributed by atoms with Gasteiger partial charge >= 0.3 is 6.09 Å². The summed E-state index contributed by atoms with van der Waals surface area (Å²) in [6.07, 6.45) is -0.905. The number of cyclic esters (lactones) is 1. The van der Waals surface area contributed by atoms with Crippen LogP contribution in [0.2, 0.25) is 0 Å². The van der Waals surface area contributed by atoms with E-state index in [1.165, 1.54) is 12.0 Å². The second-order valence-electron chi connectivity index (χ2n) is 4.13. The highest BCUT2D eigenvalue weighted by Gasteiger charge is 2.31. The van der Waals surface area contributed by atoms with Crippen molar-refractivity contribution in [3.63, 3.8) is 0 Å². The van der Waals surface area contributed by atoms with Gasteiger partial charge in [-0.05, 0) is 17.7 Å². The van der Waals surface area contributed by atoms with Crippen molar-refractivity contribution in [3.05, 3.63) is 36.4 Å². The maximum atomic E-state index is 11.6. The van der Waals surface area contributed by atoms with Gasteiger partial charge < -0.3 is 9.84 Å². The summed E-state index contributed by atoms with van der Waals surface area (Å²) < 4.78 is 4.98. The first-order valence-electron chi connectivity index (χ1n) is 5.83. The maximum absolute atomic E-state index is 11.6. The molecule has 0 radical (unpaired) electrons. The fourth-order valence-electron chi connectivity index (χ4n) is 1.85. The largest absolute Gasteiger partial charge is 0.441 e. The average molecular weight is 264 g/mol. The molecule has 19 heavy (non-hydrogen) atoms. The van der Waals surface area contributed by atoms with Crippen LogP contribution >= 0.6 is 0 Å². The average Bonchev–Trinajstić information content (AvgIpc) is 2.80. The number of hydrogen-bond acceptors (Lipinski definition) is 5. The van der Waals surface area contributed by atoms with Crippen molar-refractivity contribution in [2.75, 3.05) is 25.2 Å². The number of ether oxygens (including phenoxy) is 1. The number of nitrogens with one attached hydrogen (secondary N) is 1. The van der Waals surface area contributed by atoms with Gasteiger partial charge in [0.15, 0.2) is 0 Å². The minimum atomic E-state index is -0.461. The van der Waals surface area contributed by atoms with Crippen molar-refractivity contribution in [3.8, 4) is 0 Å². The molecule has 0 spiro atoms. The number of hydrogen-bond donors (Lipinski definition) is 2. The maximum Gasteiger partial charge on any atom is 0.414 e. The van der Waals surface area contributed by atoms with Gasteiger partial charge in [0.1, 0.15) is 6.10 Å². The van der Waals surface area contributed by atoms with E-state index in [1.807, 2.05) is 12.1 Å². The molecule has 1 aliphatic heterocycles. The van der Waals surface area contributed by atoms with Gasteiger partial charge in [0.05, 0.1) is 26.0 Å². The molecule has 1 aromatic carbocycles. The standard InChI is InChI=1S/C13H16N2O4/c1-9(14-18-2)10-3-5-11(6-4-10)15-7-12(8-16)19-13(15)17/h3-6,12,14,16H,1,7-8H2,2H3. The molecule has 1 saturated heterocycles. The Balaban J connectivity index is 2.10. The highest BCUT2D eigenvalue weighted by Crippen LogP contribution is 2.23. The van der Waals surface area contributed by atoms with Crippen molar-refractivity contribution in [2.45, 2.75) is 6.10 Å². The summed E-state index contributed by atoms with van der Waals surface area (Å²) in [5.41, 5.74) is 4.85. The van der Waals surface area contributed by atoms with Gasteiger partial charge in [-0.3, -0.25) is 15.2 Å². The van der Waals surface area contributed by atoms with Gasteiger partial charge in [-0.15, -0.1) is 0 Å². The number of carbonyl (C=O) groups excluding carboxylic acids is 1. The van der Waals surface area contributed by atoms with E-state index < -0.39 is 12.2 Å². The van der Waals surface area contributed by atoms with Gasteiger partial charge in [0.2, 0.25) is 0 Å². The quantitative estimate of drug-likeness (QED) is 0.780. The summed E-state index contributed by atoms with van der Waals surface area (Å²) in [6.45, 7) is 3.99. The van der Waals surface area contributed by atoms with Crippen LogP contribution in [0, 0.1) is 0 Å². The van der Waals surface area contributed by atoms with Crippen molar-refractivity contribution in [1.82, 2.24) is 5.48 Å². The van der Waals surface area contributed by atoms with Crippen molar-refractivity contribution in [2.24, 2.45) is 0 Å². The molecule has 102 valence electrons. The zero-order chi connectivity index (χ0) is 13.8. The molecule has 1 atom stereocenters. The Kier molecular flexibility index (Phi) is 4.03. The minimum absolute atomic E-state index is 0.172. The Morgan fingerprint density at radius 3 is 2.79 bits per heavy atom. The number of benzene rings is 1. The summed E-state index contributed by atoms with van der Waals surface area (Å²) in [4.78, 5) is 17.9. The topological polar surface area (TPSA) is 71.0 Å². The number of rotatable bonds is 5. The van der Waals surface area contributed by atoms with E-state index in [4.69, 9.17) is 14.7 Å². The molecule has 1 heterocycles. The van der Waals surface area contributed by atoms with Crippen LogP contribution in [0.3, 0.4) is 0 Å². The van der Waals surface area contributed by atoms with Gasteiger partial charge in [-0.25, -0.2) is 4.79 Å². The molecule has 1 fully saturated rings. The Morgan fingerprint density at radius 1 is 1.58 bits per heavy atom. The van der Waals surface area contributed by atoms with Crippen LogP contribution in [0.5, 0.6) is 0 Å². The molecule has 0 aromatic heterocycles. The second-order valence-corrected chi connectivity index (χ2v) is 4.13. The molecule has 6 heteroatoms. The predicted molar refractivity (Wildman–Crippen MR) is 70.3 cm³/mol. The molecule has 1 aliphatic rings. The van der Waals surface area contributed by atoms with Crippen molar-refractivity contribution >= 4 is 17.5 Å². The zero-order valence-corrected chi connectivity index (χ0v) is 10.6. The molecule has 1 unspecified atom stereocenters. The summed E-state index contributed by atoms with van der Waals surface area (Å²) in [5, 5.41) is 8.99. The van der Waals surface area contributed by atoms with Crippen LogP contribution in [-0.2, 0) is 9.57 Å². The Morgan fingerprint density at radius 2 is 2.26 bits per heavy atom. The number of hydroxylamine groups is 1. The molecule has 1 aromatic rings. The first-order chi connectivity index (χ1) is 9.15. The van der Waals surface area contributed by atoms with E-state index in [0.29, 0.717) is 12.2 Å². The van der Waals surface area contributed by atoms with Gasteiger partial charge in [-0.1, -0.05) is 18.7 Å². The molecule has 2 rings (SSSR count). The fourth-order valence-corrected chi connectivity index (χ4v) is 1.85. The van der Waals surface area contributed by atoms with Crippen LogP contribution in [-0.4, -0.2) is 37.6 Å². The predicted octanol–water partition coefficient (Wildman–Crippen LogP) is 1.13. The van der Waals surface area contributed by atoms with E-state index in [9.17, 15) is 4.79 Å². The summed E-state index contributed by atoms with van der Waals surface area (Å²) >= 11 is 0. The summed E-state index contributed by atoms with van der Waals surface area (Å²) in [7, 11) is 1.51. The highest BCUT2D eigenvalue weighted by molar-refractivity contribution is 5.89. The van der Waals surface area contributed by atoms with E-state index in [2.05, 4.69) is 12.1 Å². The van der Waals surface area contributed by atoms with E-state index in [0.717, 1.165) is 11.3 Å². The molecule has 0 aliphatic carbocycles. The van der Waals surface area contributed by atoms with Crippen LogP contribution in [0.4, 0.5) is 10.5 Å². The van der Waals surface area contributed by atoms with Crippen LogP contribution in [0.25, 0.3) is 5.70 Å². The van der Waals surface area contributed by atoms with Gasteiger partial charge in [-0.2, -0.15) is 0 Å². The number of nitrogens with zero attached hydrogens (tertiary/aromatic N) is 1. The molecule has 0 saturated carbocycles. The summed E-state index contributed by atoms with van der Waals surface area (Å²) in [5.74, 6) is 0. The van der Waals surface area contributed by atoms with Gasteiger partial charge in [0, 0.05) is 5.69 Å². The SMILES string of the molecule is C=C(NOC)c1ccc(N2CC(CO)OC2=O)cc1. The number of anilines is 1. The summed E-state index contributed by atoms with van der Waals surface area (Å²) in [6, 6.07) is 7.23. The Labute approximate surface area is 111 Å². The molecular weight excluding hydrogens is 248 g/mol.